The molecule has 200 valence electrons. The molecule has 0 aliphatic rings. The molecule has 0 spiro atoms. The fraction of sp³-hybridized carbons (Fsp3) is 0.125. The molecule has 9 heteroatoms. The van der Waals surface area contributed by atoms with E-state index in [-0.39, 0.29) is 11.5 Å². The van der Waals surface area contributed by atoms with Crippen molar-refractivity contribution in [1.82, 2.24) is 34.4 Å². The van der Waals surface area contributed by atoms with Gasteiger partial charge in [-0.3, -0.25) is 19.1 Å². The molecule has 0 radical (unpaired) electrons. The van der Waals surface area contributed by atoms with Crippen molar-refractivity contribution in [2.45, 2.75) is 26.8 Å². The Morgan fingerprint density at radius 2 is 1.76 bits per heavy atom. The van der Waals surface area contributed by atoms with Crippen LogP contribution in [0.2, 0.25) is 0 Å². The maximum Gasteiger partial charge on any atom is 0.267 e. The van der Waals surface area contributed by atoms with Crippen molar-refractivity contribution in [3.8, 4) is 17.5 Å². The lowest BCUT2D eigenvalue weighted by Gasteiger charge is -2.20. The normalized spacial score (nSPS) is 11.7. The summed E-state index contributed by atoms with van der Waals surface area (Å²) in [6.07, 6.45) is 6.78. The van der Waals surface area contributed by atoms with E-state index in [0.29, 0.717) is 44.9 Å². The number of fused-ring (bicyclic) bond motifs is 2. The maximum absolute atomic E-state index is 14.2. The largest absolute Gasteiger partial charge is 0.342 e. The second kappa shape index (κ2) is 10.5. The number of pyridine rings is 1. The van der Waals surface area contributed by atoms with Crippen LogP contribution in [0.4, 0.5) is 0 Å². The minimum absolute atomic E-state index is 0.279. The number of benzene rings is 2. The zero-order chi connectivity index (χ0) is 28.5. The van der Waals surface area contributed by atoms with Gasteiger partial charge < -0.3 is 5.32 Å². The number of nitrogens with zero attached hydrogens (tertiary/aromatic N) is 6. The Morgan fingerprint density at radius 1 is 0.951 bits per heavy atom. The van der Waals surface area contributed by atoms with E-state index in [0.717, 1.165) is 11.1 Å². The molecule has 0 aliphatic heterocycles. The zero-order valence-corrected chi connectivity index (χ0v) is 22.7. The number of rotatable bonds is 4. The average molecular weight is 540 g/mol. The van der Waals surface area contributed by atoms with Crippen LogP contribution in [0.25, 0.3) is 22.2 Å². The third-order valence-electron chi connectivity index (χ3n) is 6.84. The molecular weight excluding hydrogens is 514 g/mol. The number of carbonyl (C=O) groups is 1. The van der Waals surface area contributed by atoms with E-state index in [1.807, 2.05) is 55.5 Å². The highest BCUT2D eigenvalue weighted by atomic mass is 16.2. The van der Waals surface area contributed by atoms with Crippen LogP contribution in [0.15, 0.2) is 90.2 Å². The summed E-state index contributed by atoms with van der Waals surface area (Å²) in [7, 11) is 0. The van der Waals surface area contributed by atoms with Gasteiger partial charge in [0.2, 0.25) is 0 Å². The van der Waals surface area contributed by atoms with Gasteiger partial charge in [0.15, 0.2) is 5.65 Å². The van der Waals surface area contributed by atoms with Crippen LogP contribution in [0.3, 0.4) is 0 Å². The number of amides is 1. The number of hydrogen-bond acceptors (Lipinski definition) is 6. The first kappa shape index (κ1) is 25.6. The summed E-state index contributed by atoms with van der Waals surface area (Å²) in [6, 6.07) is 17.7. The summed E-state index contributed by atoms with van der Waals surface area (Å²) in [5, 5.41) is 7.80. The van der Waals surface area contributed by atoms with E-state index in [9.17, 15) is 9.59 Å². The third-order valence-corrected chi connectivity index (χ3v) is 6.84. The molecule has 4 aromatic heterocycles. The van der Waals surface area contributed by atoms with Crippen molar-refractivity contribution in [1.29, 1.82) is 0 Å². The molecule has 0 bridgehead atoms. The van der Waals surface area contributed by atoms with Crippen molar-refractivity contribution in [3.63, 3.8) is 0 Å². The van der Waals surface area contributed by atoms with E-state index in [2.05, 4.69) is 32.2 Å². The lowest BCUT2D eigenvalue weighted by atomic mass is 10.1. The molecule has 1 atom stereocenters. The van der Waals surface area contributed by atoms with Gasteiger partial charge in [0.1, 0.15) is 11.4 Å². The highest BCUT2D eigenvalue weighted by Gasteiger charge is 2.24. The van der Waals surface area contributed by atoms with E-state index < -0.39 is 6.04 Å². The van der Waals surface area contributed by atoms with E-state index >= 15 is 0 Å². The van der Waals surface area contributed by atoms with Crippen LogP contribution in [0, 0.1) is 25.7 Å². The Kier molecular flexibility index (Phi) is 6.57. The van der Waals surface area contributed by atoms with Gasteiger partial charge >= 0.3 is 0 Å². The predicted octanol–water partition coefficient (Wildman–Crippen LogP) is 4.33. The Labute approximate surface area is 235 Å². The van der Waals surface area contributed by atoms with Crippen molar-refractivity contribution >= 4 is 22.5 Å². The smallest absolute Gasteiger partial charge is 0.267 e. The van der Waals surface area contributed by atoms with Gasteiger partial charge in [0.05, 0.1) is 28.3 Å². The van der Waals surface area contributed by atoms with Crippen LogP contribution >= 0.6 is 0 Å². The SMILES string of the molecule is Cc1ccncc1C#Cc1cccc2nc([C@H](C)NC(=O)c3c(C)nn4cccnc34)n(-c3ccccc3)c(=O)c12. The Morgan fingerprint density at radius 3 is 2.56 bits per heavy atom. The first-order valence-electron chi connectivity index (χ1n) is 13.1. The minimum Gasteiger partial charge on any atom is -0.342 e. The molecule has 4 heterocycles. The van der Waals surface area contributed by atoms with Gasteiger partial charge in [-0.15, -0.1) is 0 Å². The quantitative estimate of drug-likeness (QED) is 0.334. The van der Waals surface area contributed by atoms with Crippen molar-refractivity contribution in [2.75, 3.05) is 0 Å². The summed E-state index contributed by atoms with van der Waals surface area (Å²) >= 11 is 0. The predicted molar refractivity (Wildman–Crippen MR) is 156 cm³/mol. The summed E-state index contributed by atoms with van der Waals surface area (Å²) < 4.78 is 3.10. The Balaban J connectivity index is 1.48. The Hall–Kier alpha value is -5.62. The molecule has 0 unspecified atom stereocenters. The number of hydrogen-bond donors (Lipinski definition) is 1. The minimum atomic E-state index is -0.634. The zero-order valence-electron chi connectivity index (χ0n) is 22.7. The van der Waals surface area contributed by atoms with Crippen molar-refractivity contribution < 1.29 is 4.79 Å². The number of aromatic nitrogens is 6. The van der Waals surface area contributed by atoms with Gasteiger partial charge in [-0.1, -0.05) is 36.1 Å². The molecule has 6 aromatic rings. The van der Waals surface area contributed by atoms with Crippen LogP contribution in [0.5, 0.6) is 0 Å². The van der Waals surface area contributed by atoms with Crippen LogP contribution in [0.1, 0.15) is 51.5 Å². The fourth-order valence-corrected chi connectivity index (χ4v) is 4.79. The number of aryl methyl sites for hydroxylation is 2. The molecule has 2 aromatic carbocycles. The second-order valence-corrected chi connectivity index (χ2v) is 9.63. The van der Waals surface area contributed by atoms with Gasteiger partial charge in [0, 0.05) is 35.9 Å². The van der Waals surface area contributed by atoms with Crippen LogP contribution in [-0.2, 0) is 0 Å². The molecule has 0 saturated heterocycles. The number of para-hydroxylation sites is 1. The summed E-state index contributed by atoms with van der Waals surface area (Å²) in [6.45, 7) is 5.53. The van der Waals surface area contributed by atoms with Crippen LogP contribution in [-0.4, -0.2) is 35.0 Å². The molecule has 0 fully saturated rings. The second-order valence-electron chi connectivity index (χ2n) is 9.63. The summed E-state index contributed by atoms with van der Waals surface area (Å²) in [5.41, 5.74) is 4.55. The molecule has 0 saturated carbocycles. The average Bonchev–Trinajstić information content (AvgIpc) is 3.32. The van der Waals surface area contributed by atoms with Crippen molar-refractivity contribution in [3.05, 3.63) is 130 Å². The summed E-state index contributed by atoms with van der Waals surface area (Å²) in [4.78, 5) is 41.1. The molecular formula is C32H25N7O2. The van der Waals surface area contributed by atoms with Crippen molar-refractivity contribution in [2.24, 2.45) is 0 Å². The fourth-order valence-electron chi connectivity index (χ4n) is 4.79. The van der Waals surface area contributed by atoms with Gasteiger partial charge in [0.25, 0.3) is 11.5 Å². The lowest BCUT2D eigenvalue weighted by molar-refractivity contribution is 0.0938. The molecule has 6 rings (SSSR count). The molecule has 1 N–H and O–H groups in total. The van der Waals surface area contributed by atoms with Gasteiger partial charge in [-0.25, -0.2) is 14.5 Å². The Bertz CT molecular complexity index is 2070. The third kappa shape index (κ3) is 4.72. The first-order chi connectivity index (χ1) is 19.9. The highest BCUT2D eigenvalue weighted by molar-refractivity contribution is 6.01. The number of nitrogens with one attached hydrogen (secondary N) is 1. The topological polar surface area (TPSA) is 107 Å². The van der Waals surface area contributed by atoms with Crippen LogP contribution < -0.4 is 10.9 Å². The van der Waals surface area contributed by atoms with E-state index in [1.54, 1.807) is 55.3 Å². The molecule has 41 heavy (non-hydrogen) atoms. The standard InChI is InChI=1S/C32H25N7O2/c1-20-15-17-33-19-24(20)14-13-23-9-7-12-26-28(23)32(41)39(25-10-5-4-6-11-25)29(36-26)22(3)35-31(40)27-21(2)37-38-18-8-16-34-30(27)38/h4-12,15-19,22H,1-3H3,(H,35,40)/t22-/m0/s1. The van der Waals surface area contributed by atoms with Gasteiger partial charge in [-0.2, -0.15) is 5.10 Å². The highest BCUT2D eigenvalue weighted by Crippen LogP contribution is 2.21. The first-order valence-corrected chi connectivity index (χ1v) is 13.1. The van der Waals surface area contributed by atoms with E-state index in [4.69, 9.17) is 4.98 Å². The molecule has 0 aliphatic carbocycles. The lowest BCUT2D eigenvalue weighted by Crippen LogP contribution is -2.33. The molecule has 9 nitrogen and oxygen atoms in total. The van der Waals surface area contributed by atoms with E-state index in [1.165, 1.54) is 4.57 Å². The van der Waals surface area contributed by atoms with Gasteiger partial charge in [-0.05, 0) is 62.7 Å². The summed E-state index contributed by atoms with van der Waals surface area (Å²) in [5.74, 6) is 6.33. The molecule has 1 amide bonds. The maximum atomic E-state index is 14.2. The monoisotopic (exact) mass is 539 g/mol. The number of carbonyl (C=O) groups excluding carboxylic acids is 1.